The fraction of sp³-hybridized carbons (Fsp3) is 0.579. The first-order valence-corrected chi connectivity index (χ1v) is 9.31. The molecule has 0 spiro atoms. The van der Waals surface area contributed by atoms with Crippen LogP contribution < -0.4 is 10.6 Å². The molecule has 1 fully saturated rings. The highest BCUT2D eigenvalue weighted by atomic mass is 19.1. The van der Waals surface area contributed by atoms with Crippen molar-refractivity contribution in [3.8, 4) is 0 Å². The lowest BCUT2D eigenvalue weighted by atomic mass is 10.2. The number of hydrogen-bond donors (Lipinski definition) is 2. The van der Waals surface area contributed by atoms with E-state index in [1.54, 1.807) is 14.1 Å². The molecular formula is C19H29F2N5O. The van der Waals surface area contributed by atoms with Gasteiger partial charge in [-0.1, -0.05) is 6.92 Å². The Bertz CT molecular complexity index is 666. The molecule has 1 heterocycles. The first-order valence-electron chi connectivity index (χ1n) is 9.31. The highest BCUT2D eigenvalue weighted by molar-refractivity contribution is 5.86. The molecule has 0 bridgehead atoms. The monoisotopic (exact) mass is 381 g/mol. The predicted molar refractivity (Wildman–Crippen MR) is 102 cm³/mol. The first kappa shape index (κ1) is 21.1. The number of carbonyl (C=O) groups is 1. The van der Waals surface area contributed by atoms with E-state index in [9.17, 15) is 13.6 Å². The van der Waals surface area contributed by atoms with Gasteiger partial charge in [-0.2, -0.15) is 0 Å². The maximum atomic E-state index is 13.8. The molecule has 0 radical (unpaired) electrons. The summed E-state index contributed by atoms with van der Waals surface area (Å²) in [6.07, 6.45) is 2.26. The fourth-order valence-corrected chi connectivity index (χ4v) is 3.08. The quantitative estimate of drug-likeness (QED) is 0.556. The number of carbonyl (C=O) groups excluding carboxylic acids is 1. The molecule has 1 unspecified atom stereocenters. The van der Waals surface area contributed by atoms with Crippen LogP contribution in [0.3, 0.4) is 0 Å². The van der Waals surface area contributed by atoms with Gasteiger partial charge >= 0.3 is 0 Å². The standard InChI is InChI=1S/C19H29F2N5O/c1-4-26-9-5-6-16(26)12-23-19(24-13-18(27)25(2)3)22-11-14-10-15(20)7-8-17(14)21/h7-8,10,16H,4-6,9,11-13H2,1-3H3,(H2,22,23,24). The number of aliphatic imine (C=N–C) groups is 1. The summed E-state index contributed by atoms with van der Waals surface area (Å²) >= 11 is 0. The molecule has 0 aromatic heterocycles. The lowest BCUT2D eigenvalue weighted by molar-refractivity contribution is -0.127. The smallest absolute Gasteiger partial charge is 0.241 e. The lowest BCUT2D eigenvalue weighted by Gasteiger charge is -2.24. The number of hydrogen-bond acceptors (Lipinski definition) is 3. The van der Waals surface area contributed by atoms with Crippen LogP contribution in [0.15, 0.2) is 23.2 Å². The van der Waals surface area contributed by atoms with E-state index in [0.717, 1.165) is 44.1 Å². The van der Waals surface area contributed by atoms with Crippen LogP contribution in [-0.4, -0.2) is 68.0 Å². The van der Waals surface area contributed by atoms with Crippen LogP contribution in [0.4, 0.5) is 8.78 Å². The van der Waals surface area contributed by atoms with Crippen LogP contribution in [-0.2, 0) is 11.3 Å². The fourth-order valence-electron chi connectivity index (χ4n) is 3.08. The first-order chi connectivity index (χ1) is 12.9. The van der Waals surface area contributed by atoms with Gasteiger partial charge in [0.1, 0.15) is 11.6 Å². The summed E-state index contributed by atoms with van der Waals surface area (Å²) in [6.45, 7) is 4.94. The van der Waals surface area contributed by atoms with Gasteiger partial charge in [0.15, 0.2) is 5.96 Å². The topological polar surface area (TPSA) is 60.0 Å². The highest BCUT2D eigenvalue weighted by Crippen LogP contribution is 2.15. The molecule has 27 heavy (non-hydrogen) atoms. The summed E-state index contributed by atoms with van der Waals surface area (Å²) in [5.74, 6) is -0.692. The second-order valence-electron chi connectivity index (χ2n) is 6.85. The zero-order chi connectivity index (χ0) is 19.8. The third kappa shape index (κ3) is 6.46. The Hall–Kier alpha value is -2.22. The van der Waals surface area contributed by atoms with E-state index < -0.39 is 11.6 Å². The van der Waals surface area contributed by atoms with Gasteiger partial charge < -0.3 is 15.5 Å². The normalized spacial score (nSPS) is 17.8. The molecule has 6 nitrogen and oxygen atoms in total. The van der Waals surface area contributed by atoms with E-state index in [2.05, 4.69) is 27.4 Å². The van der Waals surface area contributed by atoms with E-state index in [4.69, 9.17) is 0 Å². The van der Waals surface area contributed by atoms with Crippen molar-refractivity contribution in [2.45, 2.75) is 32.4 Å². The molecule has 2 rings (SSSR count). The van der Waals surface area contributed by atoms with Crippen LogP contribution in [0, 0.1) is 11.6 Å². The van der Waals surface area contributed by atoms with Crippen LogP contribution in [0.1, 0.15) is 25.3 Å². The predicted octanol–water partition coefficient (Wildman–Crippen LogP) is 1.57. The number of nitrogens with one attached hydrogen (secondary N) is 2. The molecule has 1 aromatic carbocycles. The van der Waals surface area contributed by atoms with E-state index in [-0.39, 0.29) is 24.6 Å². The third-order valence-electron chi connectivity index (χ3n) is 4.73. The molecule has 1 amide bonds. The number of nitrogens with zero attached hydrogens (tertiary/aromatic N) is 3. The maximum Gasteiger partial charge on any atom is 0.241 e. The van der Waals surface area contributed by atoms with E-state index >= 15 is 0 Å². The molecule has 1 atom stereocenters. The number of rotatable bonds is 7. The highest BCUT2D eigenvalue weighted by Gasteiger charge is 2.23. The molecule has 8 heteroatoms. The molecule has 0 aliphatic carbocycles. The molecule has 1 aliphatic rings. The average molecular weight is 381 g/mol. The van der Waals surface area contributed by atoms with Gasteiger partial charge in [-0.05, 0) is 44.1 Å². The summed E-state index contributed by atoms with van der Waals surface area (Å²) < 4.78 is 27.2. The Balaban J connectivity index is 2.03. The Morgan fingerprint density at radius 3 is 2.81 bits per heavy atom. The Labute approximate surface area is 159 Å². The minimum atomic E-state index is -0.503. The number of benzene rings is 1. The molecule has 2 N–H and O–H groups in total. The second kappa shape index (κ2) is 10.2. The number of guanidine groups is 1. The molecule has 1 aliphatic heterocycles. The van der Waals surface area contributed by atoms with Crippen molar-refractivity contribution in [1.29, 1.82) is 0 Å². The minimum Gasteiger partial charge on any atom is -0.355 e. The largest absolute Gasteiger partial charge is 0.355 e. The second-order valence-corrected chi connectivity index (χ2v) is 6.85. The van der Waals surface area contributed by atoms with Gasteiger partial charge in [-0.15, -0.1) is 0 Å². The van der Waals surface area contributed by atoms with Gasteiger partial charge in [0.2, 0.25) is 5.91 Å². The molecule has 1 saturated heterocycles. The average Bonchev–Trinajstić information content (AvgIpc) is 3.10. The van der Waals surface area contributed by atoms with Crippen molar-refractivity contribution >= 4 is 11.9 Å². The van der Waals surface area contributed by atoms with Gasteiger partial charge in [0.05, 0.1) is 13.1 Å². The van der Waals surface area contributed by atoms with E-state index in [0.29, 0.717) is 18.5 Å². The van der Waals surface area contributed by atoms with Crippen molar-refractivity contribution in [3.05, 3.63) is 35.4 Å². The van der Waals surface area contributed by atoms with E-state index in [1.165, 1.54) is 4.90 Å². The summed E-state index contributed by atoms with van der Waals surface area (Å²) in [6, 6.07) is 3.71. The molecule has 1 aromatic rings. The van der Waals surface area contributed by atoms with Crippen molar-refractivity contribution in [1.82, 2.24) is 20.4 Å². The number of likely N-dealkylation sites (tertiary alicyclic amines) is 1. The summed E-state index contributed by atoms with van der Waals surface area (Å²) in [5.41, 5.74) is 0.172. The molecular weight excluding hydrogens is 352 g/mol. The van der Waals surface area contributed by atoms with Gasteiger partial charge in [0, 0.05) is 32.2 Å². The van der Waals surface area contributed by atoms with Crippen LogP contribution >= 0.6 is 0 Å². The maximum absolute atomic E-state index is 13.8. The van der Waals surface area contributed by atoms with Gasteiger partial charge in [-0.25, -0.2) is 13.8 Å². The van der Waals surface area contributed by atoms with Crippen molar-refractivity contribution < 1.29 is 13.6 Å². The van der Waals surface area contributed by atoms with Crippen molar-refractivity contribution in [3.63, 3.8) is 0 Å². The minimum absolute atomic E-state index is 0.0166. The SMILES string of the molecule is CCN1CCCC1CNC(=NCc1cc(F)ccc1F)NCC(=O)N(C)C. The summed E-state index contributed by atoms with van der Waals surface area (Å²) in [7, 11) is 3.35. The van der Waals surface area contributed by atoms with E-state index in [1.807, 2.05) is 0 Å². The summed E-state index contributed by atoms with van der Waals surface area (Å²) in [5, 5.41) is 6.21. The molecule has 0 saturated carbocycles. The Kier molecular flexibility index (Phi) is 7.97. The summed E-state index contributed by atoms with van der Waals surface area (Å²) in [4.78, 5) is 20.0. The Morgan fingerprint density at radius 2 is 2.11 bits per heavy atom. The molecule has 150 valence electrons. The van der Waals surface area contributed by atoms with Crippen LogP contribution in [0.2, 0.25) is 0 Å². The Morgan fingerprint density at radius 1 is 1.33 bits per heavy atom. The zero-order valence-corrected chi connectivity index (χ0v) is 16.3. The van der Waals surface area contributed by atoms with Crippen molar-refractivity contribution in [2.24, 2.45) is 4.99 Å². The van der Waals surface area contributed by atoms with Gasteiger partial charge in [-0.3, -0.25) is 9.69 Å². The number of halogens is 2. The zero-order valence-electron chi connectivity index (χ0n) is 16.3. The van der Waals surface area contributed by atoms with Gasteiger partial charge in [0.25, 0.3) is 0 Å². The number of likely N-dealkylation sites (N-methyl/N-ethyl adjacent to an activating group) is 2. The van der Waals surface area contributed by atoms with Crippen LogP contribution in [0.25, 0.3) is 0 Å². The number of amides is 1. The third-order valence-corrected chi connectivity index (χ3v) is 4.73. The lowest BCUT2D eigenvalue weighted by Crippen LogP contribution is -2.47. The van der Waals surface area contributed by atoms with Crippen molar-refractivity contribution in [2.75, 3.05) is 40.3 Å². The van der Waals surface area contributed by atoms with Crippen LogP contribution in [0.5, 0.6) is 0 Å².